The van der Waals surface area contributed by atoms with Crippen LogP contribution in [0.5, 0.6) is 0 Å². The average molecular weight is 127 g/mol. The molecule has 0 bridgehead atoms. The van der Waals surface area contributed by atoms with Crippen molar-refractivity contribution in [2.24, 2.45) is 0 Å². The summed E-state index contributed by atoms with van der Waals surface area (Å²) in [5.74, 6) is -0.862. The highest BCUT2D eigenvalue weighted by atomic mass is 16.4. The summed E-state index contributed by atoms with van der Waals surface area (Å²) in [6.07, 6.45) is 3.17. The van der Waals surface area contributed by atoms with Crippen molar-refractivity contribution in [1.29, 1.82) is 0 Å². The van der Waals surface area contributed by atoms with Gasteiger partial charge in [-0.15, -0.1) is 0 Å². The number of allylic oxidation sites excluding steroid dienone is 1. The van der Waals surface area contributed by atoms with Crippen LogP contribution in [0.15, 0.2) is 11.8 Å². The van der Waals surface area contributed by atoms with Crippen LogP contribution in [0.25, 0.3) is 0 Å². The van der Waals surface area contributed by atoms with Gasteiger partial charge < -0.3 is 10.4 Å². The third-order valence-electron chi connectivity index (χ3n) is 1.27. The van der Waals surface area contributed by atoms with Crippen molar-refractivity contribution < 1.29 is 9.90 Å². The Kier molecular flexibility index (Phi) is 1.72. The summed E-state index contributed by atoms with van der Waals surface area (Å²) < 4.78 is 0. The molecule has 0 aliphatic carbocycles. The smallest absolute Gasteiger partial charge is 0.330 e. The first-order chi connectivity index (χ1) is 4.29. The first kappa shape index (κ1) is 6.13. The van der Waals surface area contributed by atoms with Crippen LogP contribution in [-0.2, 0) is 4.79 Å². The molecule has 3 heteroatoms. The van der Waals surface area contributed by atoms with Gasteiger partial charge in [-0.2, -0.15) is 0 Å². The van der Waals surface area contributed by atoms with Gasteiger partial charge in [-0.1, -0.05) is 0 Å². The molecule has 0 radical (unpaired) electrons. The Hall–Kier alpha value is -0.990. The number of carbonyl (C=O) groups is 1. The van der Waals surface area contributed by atoms with E-state index in [4.69, 9.17) is 5.11 Å². The second kappa shape index (κ2) is 2.53. The molecule has 0 spiro atoms. The molecule has 1 fully saturated rings. The Bertz CT molecular complexity index is 143. The van der Waals surface area contributed by atoms with Crippen molar-refractivity contribution in [1.82, 2.24) is 5.32 Å². The maximum absolute atomic E-state index is 10.0. The summed E-state index contributed by atoms with van der Waals surface area (Å²) in [4.78, 5) is 10.0. The van der Waals surface area contributed by atoms with Crippen LogP contribution in [0.3, 0.4) is 0 Å². The SMILES string of the molecule is O=C(O)C=C1CCCN1. The van der Waals surface area contributed by atoms with E-state index in [1.54, 1.807) is 0 Å². The second-order valence-corrected chi connectivity index (χ2v) is 2.04. The first-order valence-electron chi connectivity index (χ1n) is 2.96. The van der Waals surface area contributed by atoms with Crippen molar-refractivity contribution in [2.45, 2.75) is 12.8 Å². The normalized spacial score (nSPS) is 22.0. The van der Waals surface area contributed by atoms with Crippen LogP contribution in [0.4, 0.5) is 0 Å². The lowest BCUT2D eigenvalue weighted by molar-refractivity contribution is -0.131. The monoisotopic (exact) mass is 127 g/mol. The fraction of sp³-hybridized carbons (Fsp3) is 0.500. The highest BCUT2D eigenvalue weighted by molar-refractivity contribution is 5.80. The minimum Gasteiger partial charge on any atom is -0.478 e. The van der Waals surface area contributed by atoms with Gasteiger partial charge in [-0.25, -0.2) is 4.79 Å². The molecule has 9 heavy (non-hydrogen) atoms. The van der Waals surface area contributed by atoms with E-state index in [-0.39, 0.29) is 0 Å². The van der Waals surface area contributed by atoms with Crippen LogP contribution in [0, 0.1) is 0 Å². The lowest BCUT2D eigenvalue weighted by Gasteiger charge is -1.92. The van der Waals surface area contributed by atoms with E-state index in [1.807, 2.05) is 0 Å². The molecule has 1 heterocycles. The van der Waals surface area contributed by atoms with Gasteiger partial charge in [0.2, 0.25) is 0 Å². The highest BCUT2D eigenvalue weighted by Gasteiger charge is 2.05. The van der Waals surface area contributed by atoms with Crippen LogP contribution in [0.1, 0.15) is 12.8 Å². The zero-order valence-electron chi connectivity index (χ0n) is 5.05. The number of hydrogen-bond acceptors (Lipinski definition) is 2. The van der Waals surface area contributed by atoms with E-state index in [0.717, 1.165) is 25.1 Å². The molecule has 50 valence electrons. The molecule has 0 aromatic carbocycles. The van der Waals surface area contributed by atoms with E-state index in [0.29, 0.717) is 0 Å². The number of carboxylic acids is 1. The van der Waals surface area contributed by atoms with Gasteiger partial charge in [-0.05, 0) is 12.8 Å². The first-order valence-corrected chi connectivity index (χ1v) is 2.96. The van der Waals surface area contributed by atoms with E-state index >= 15 is 0 Å². The van der Waals surface area contributed by atoms with Crippen molar-refractivity contribution in [3.05, 3.63) is 11.8 Å². The lowest BCUT2D eigenvalue weighted by atomic mass is 10.3. The zero-order chi connectivity index (χ0) is 6.69. The van der Waals surface area contributed by atoms with Crippen molar-refractivity contribution in [2.75, 3.05) is 6.54 Å². The van der Waals surface area contributed by atoms with Crippen LogP contribution in [0.2, 0.25) is 0 Å². The Morgan fingerprint density at radius 2 is 2.56 bits per heavy atom. The molecule has 0 unspecified atom stereocenters. The largest absolute Gasteiger partial charge is 0.478 e. The molecular formula is C6H9NO2. The molecule has 0 amide bonds. The third-order valence-corrected chi connectivity index (χ3v) is 1.27. The number of carboxylic acid groups (broad SMARTS) is 1. The molecule has 1 aliphatic heterocycles. The lowest BCUT2D eigenvalue weighted by Crippen LogP contribution is -2.05. The number of aliphatic carboxylic acids is 1. The minimum absolute atomic E-state index is 0.850. The van der Waals surface area contributed by atoms with Crippen LogP contribution < -0.4 is 5.32 Å². The predicted molar refractivity (Wildman–Crippen MR) is 33.0 cm³/mol. The molecule has 0 atom stereocenters. The van der Waals surface area contributed by atoms with Gasteiger partial charge in [0.05, 0.1) is 0 Å². The molecule has 1 aliphatic rings. The van der Waals surface area contributed by atoms with Gasteiger partial charge in [0, 0.05) is 18.3 Å². The molecule has 0 aromatic rings. The number of rotatable bonds is 1. The van der Waals surface area contributed by atoms with Gasteiger partial charge in [0.1, 0.15) is 0 Å². The van der Waals surface area contributed by atoms with Gasteiger partial charge in [0.15, 0.2) is 0 Å². The van der Waals surface area contributed by atoms with Gasteiger partial charge >= 0.3 is 5.97 Å². The maximum Gasteiger partial charge on any atom is 0.330 e. The summed E-state index contributed by atoms with van der Waals surface area (Å²) in [7, 11) is 0. The summed E-state index contributed by atoms with van der Waals surface area (Å²) >= 11 is 0. The topological polar surface area (TPSA) is 49.3 Å². The summed E-state index contributed by atoms with van der Waals surface area (Å²) in [5, 5.41) is 11.2. The summed E-state index contributed by atoms with van der Waals surface area (Å²) in [6.45, 7) is 0.916. The Morgan fingerprint density at radius 3 is 3.00 bits per heavy atom. The molecule has 3 nitrogen and oxygen atoms in total. The number of nitrogens with one attached hydrogen (secondary N) is 1. The fourth-order valence-corrected chi connectivity index (χ4v) is 0.888. The van der Waals surface area contributed by atoms with Crippen molar-refractivity contribution >= 4 is 5.97 Å². The standard InChI is InChI=1S/C6H9NO2/c8-6(9)4-5-2-1-3-7-5/h4,7H,1-3H2,(H,8,9). The summed E-state index contributed by atoms with van der Waals surface area (Å²) in [5.41, 5.74) is 0.850. The van der Waals surface area contributed by atoms with Gasteiger partial charge in [0.25, 0.3) is 0 Å². The fourth-order valence-electron chi connectivity index (χ4n) is 0.888. The summed E-state index contributed by atoms with van der Waals surface area (Å²) in [6, 6.07) is 0. The Labute approximate surface area is 53.4 Å². The Morgan fingerprint density at radius 1 is 1.78 bits per heavy atom. The molecule has 1 rings (SSSR count). The molecule has 2 N–H and O–H groups in total. The van der Waals surface area contributed by atoms with E-state index < -0.39 is 5.97 Å². The molecule has 1 saturated heterocycles. The average Bonchev–Trinajstić information content (AvgIpc) is 2.15. The zero-order valence-corrected chi connectivity index (χ0v) is 5.05. The quantitative estimate of drug-likeness (QED) is 0.499. The van der Waals surface area contributed by atoms with Crippen LogP contribution >= 0.6 is 0 Å². The van der Waals surface area contributed by atoms with Crippen LogP contribution in [-0.4, -0.2) is 17.6 Å². The van der Waals surface area contributed by atoms with E-state index in [1.165, 1.54) is 6.08 Å². The highest BCUT2D eigenvalue weighted by Crippen LogP contribution is 2.07. The second-order valence-electron chi connectivity index (χ2n) is 2.04. The Balaban J connectivity index is 2.49. The van der Waals surface area contributed by atoms with Crippen molar-refractivity contribution in [3.8, 4) is 0 Å². The molecular weight excluding hydrogens is 118 g/mol. The molecule has 0 aromatic heterocycles. The maximum atomic E-state index is 10.0. The predicted octanol–water partition coefficient (Wildman–Crippen LogP) is 0.338. The van der Waals surface area contributed by atoms with Gasteiger partial charge in [-0.3, -0.25) is 0 Å². The number of hydrogen-bond donors (Lipinski definition) is 2. The van der Waals surface area contributed by atoms with E-state index in [9.17, 15) is 4.79 Å². The minimum atomic E-state index is -0.862. The van der Waals surface area contributed by atoms with Crippen molar-refractivity contribution in [3.63, 3.8) is 0 Å². The molecule has 0 saturated carbocycles. The van der Waals surface area contributed by atoms with E-state index in [2.05, 4.69) is 5.32 Å². The third kappa shape index (κ3) is 1.76.